The lowest BCUT2D eigenvalue weighted by Crippen LogP contribution is -2.41. The lowest BCUT2D eigenvalue weighted by molar-refractivity contribution is 0.0841. The van der Waals surface area contributed by atoms with Crippen molar-refractivity contribution in [1.82, 2.24) is 0 Å². The fourth-order valence-corrected chi connectivity index (χ4v) is 4.22. The topological polar surface area (TPSA) is 64.7 Å². The van der Waals surface area contributed by atoms with Crippen LogP contribution in [0.15, 0.2) is 24.3 Å². The van der Waals surface area contributed by atoms with Crippen LogP contribution < -0.4 is 15.2 Å². The van der Waals surface area contributed by atoms with E-state index in [-0.39, 0.29) is 17.6 Å². The maximum atomic E-state index is 9.96. The first-order valence-corrected chi connectivity index (χ1v) is 7.67. The molecule has 3 aliphatic rings. The molecule has 0 fully saturated rings. The number of hydrogen-bond acceptors (Lipinski definition) is 4. The predicted molar refractivity (Wildman–Crippen MR) is 79.6 cm³/mol. The third kappa shape index (κ3) is 1.69. The van der Waals surface area contributed by atoms with Gasteiger partial charge in [-0.05, 0) is 24.5 Å². The molecule has 1 heterocycles. The number of benzene rings is 1. The number of aliphatic hydroxyl groups is 1. The first-order valence-electron chi connectivity index (χ1n) is 7.67. The van der Waals surface area contributed by atoms with Gasteiger partial charge in [-0.3, -0.25) is 0 Å². The normalized spacial score (nSPS) is 36.4. The minimum Gasteiger partial charge on any atom is -0.493 e. The molecule has 2 aliphatic carbocycles. The predicted octanol–water partition coefficient (Wildman–Crippen LogP) is 2.20. The van der Waals surface area contributed by atoms with E-state index in [1.165, 1.54) is 11.1 Å². The highest BCUT2D eigenvalue weighted by Crippen LogP contribution is 2.57. The Labute approximate surface area is 124 Å². The Morgan fingerprint density at radius 2 is 2.29 bits per heavy atom. The third-order valence-corrected chi connectivity index (χ3v) is 5.25. The fourth-order valence-electron chi connectivity index (χ4n) is 4.22. The van der Waals surface area contributed by atoms with E-state index >= 15 is 0 Å². The monoisotopic (exact) mass is 287 g/mol. The molecule has 0 bridgehead atoms. The van der Waals surface area contributed by atoms with E-state index in [0.29, 0.717) is 6.42 Å². The average molecular weight is 287 g/mol. The summed E-state index contributed by atoms with van der Waals surface area (Å²) in [5.41, 5.74) is 8.59. The van der Waals surface area contributed by atoms with Crippen LogP contribution in [0.3, 0.4) is 0 Å². The summed E-state index contributed by atoms with van der Waals surface area (Å²) in [6, 6.07) is 4.08. The van der Waals surface area contributed by atoms with E-state index in [4.69, 9.17) is 15.2 Å². The van der Waals surface area contributed by atoms with Crippen molar-refractivity contribution < 1.29 is 14.6 Å². The van der Waals surface area contributed by atoms with Crippen LogP contribution in [0.4, 0.5) is 0 Å². The molecular weight excluding hydrogens is 266 g/mol. The molecule has 0 saturated heterocycles. The van der Waals surface area contributed by atoms with Crippen molar-refractivity contribution in [1.29, 1.82) is 0 Å². The van der Waals surface area contributed by atoms with Gasteiger partial charge in [-0.25, -0.2) is 0 Å². The molecule has 4 rings (SSSR count). The SMILES string of the molecule is COc1ccc2c3c1O[C@@H]1CC(O)C=CC31CCCC2N. The van der Waals surface area contributed by atoms with E-state index < -0.39 is 6.10 Å². The second kappa shape index (κ2) is 4.49. The maximum absolute atomic E-state index is 9.96. The first-order chi connectivity index (χ1) is 10.2. The van der Waals surface area contributed by atoms with Crippen LogP contribution in [0.25, 0.3) is 0 Å². The second-order valence-electron chi connectivity index (χ2n) is 6.37. The van der Waals surface area contributed by atoms with Gasteiger partial charge in [-0.1, -0.05) is 24.6 Å². The molecule has 0 saturated carbocycles. The Bertz CT molecular complexity index is 612. The lowest BCUT2D eigenvalue weighted by Gasteiger charge is -2.35. The van der Waals surface area contributed by atoms with Gasteiger partial charge in [0.05, 0.1) is 18.6 Å². The molecule has 1 aromatic carbocycles. The highest BCUT2D eigenvalue weighted by molar-refractivity contribution is 5.61. The fraction of sp³-hybridized carbons (Fsp3) is 0.529. The maximum Gasteiger partial charge on any atom is 0.166 e. The molecule has 1 aliphatic heterocycles. The van der Waals surface area contributed by atoms with Crippen molar-refractivity contribution in [3.63, 3.8) is 0 Å². The summed E-state index contributed by atoms with van der Waals surface area (Å²) in [5.74, 6) is 1.59. The third-order valence-electron chi connectivity index (χ3n) is 5.25. The zero-order valence-corrected chi connectivity index (χ0v) is 12.2. The molecule has 21 heavy (non-hydrogen) atoms. The molecule has 3 unspecified atom stereocenters. The number of hydrogen-bond donors (Lipinski definition) is 2. The van der Waals surface area contributed by atoms with Gasteiger partial charge in [-0.2, -0.15) is 0 Å². The van der Waals surface area contributed by atoms with Crippen molar-refractivity contribution in [2.24, 2.45) is 5.73 Å². The van der Waals surface area contributed by atoms with Crippen molar-refractivity contribution in [2.45, 2.75) is 49.3 Å². The zero-order valence-electron chi connectivity index (χ0n) is 12.2. The number of ether oxygens (including phenoxy) is 2. The van der Waals surface area contributed by atoms with E-state index in [1.54, 1.807) is 7.11 Å². The van der Waals surface area contributed by atoms with Gasteiger partial charge in [0.15, 0.2) is 11.5 Å². The molecule has 0 radical (unpaired) electrons. The van der Waals surface area contributed by atoms with Crippen molar-refractivity contribution >= 4 is 0 Å². The van der Waals surface area contributed by atoms with Crippen LogP contribution in [0, 0.1) is 0 Å². The zero-order chi connectivity index (χ0) is 14.6. The van der Waals surface area contributed by atoms with Crippen LogP contribution in [-0.2, 0) is 5.41 Å². The van der Waals surface area contributed by atoms with Gasteiger partial charge >= 0.3 is 0 Å². The molecular formula is C17H21NO3. The smallest absolute Gasteiger partial charge is 0.166 e. The molecule has 4 nitrogen and oxygen atoms in total. The van der Waals surface area contributed by atoms with Crippen LogP contribution in [0.2, 0.25) is 0 Å². The average Bonchev–Trinajstić information content (AvgIpc) is 2.73. The van der Waals surface area contributed by atoms with Crippen LogP contribution >= 0.6 is 0 Å². The van der Waals surface area contributed by atoms with E-state index in [9.17, 15) is 5.11 Å². The molecule has 4 atom stereocenters. The van der Waals surface area contributed by atoms with Gasteiger partial charge in [0.25, 0.3) is 0 Å². The van der Waals surface area contributed by atoms with Crippen molar-refractivity contribution in [2.75, 3.05) is 7.11 Å². The number of aliphatic hydroxyl groups excluding tert-OH is 1. The highest BCUT2D eigenvalue weighted by atomic mass is 16.5. The largest absolute Gasteiger partial charge is 0.493 e. The number of methoxy groups -OCH3 is 1. The van der Waals surface area contributed by atoms with E-state index in [2.05, 4.69) is 12.1 Å². The summed E-state index contributed by atoms with van der Waals surface area (Å²) >= 11 is 0. The Balaban J connectivity index is 1.98. The number of nitrogens with two attached hydrogens (primary N) is 1. The second-order valence-corrected chi connectivity index (χ2v) is 6.37. The van der Waals surface area contributed by atoms with Crippen molar-refractivity contribution in [3.8, 4) is 11.5 Å². The molecule has 112 valence electrons. The summed E-state index contributed by atoms with van der Waals surface area (Å²) in [6.45, 7) is 0. The molecule has 1 spiro atoms. The molecule has 0 aromatic heterocycles. The van der Waals surface area contributed by atoms with Crippen LogP contribution in [0.5, 0.6) is 11.5 Å². The minimum atomic E-state index is -0.429. The van der Waals surface area contributed by atoms with Gasteiger partial charge in [0, 0.05) is 18.0 Å². The summed E-state index contributed by atoms with van der Waals surface area (Å²) in [4.78, 5) is 0. The lowest BCUT2D eigenvalue weighted by atomic mass is 9.69. The summed E-state index contributed by atoms with van der Waals surface area (Å²) in [7, 11) is 1.66. The summed E-state index contributed by atoms with van der Waals surface area (Å²) < 4.78 is 11.7. The summed E-state index contributed by atoms with van der Waals surface area (Å²) in [6.07, 6.45) is 7.31. The standard InChI is InChI=1S/C17H21NO3/c1-20-13-5-4-11-12(18)3-2-7-17-8-6-10(19)9-14(17)21-16(13)15(11)17/h4-6,8,10,12,14,19H,2-3,7,9,18H2,1H3/t10?,12?,14-,17?/m1/s1. The van der Waals surface area contributed by atoms with Gasteiger partial charge in [0.1, 0.15) is 6.10 Å². The van der Waals surface area contributed by atoms with E-state index in [1.807, 2.05) is 12.1 Å². The number of rotatable bonds is 1. The highest BCUT2D eigenvalue weighted by Gasteiger charge is 2.52. The van der Waals surface area contributed by atoms with Crippen LogP contribution in [0.1, 0.15) is 42.9 Å². The molecule has 0 amide bonds. The Morgan fingerprint density at radius 1 is 1.43 bits per heavy atom. The molecule has 4 heteroatoms. The quantitative estimate of drug-likeness (QED) is 0.777. The van der Waals surface area contributed by atoms with Crippen molar-refractivity contribution in [3.05, 3.63) is 35.4 Å². The Morgan fingerprint density at radius 3 is 3.10 bits per heavy atom. The van der Waals surface area contributed by atoms with Crippen LogP contribution in [-0.4, -0.2) is 24.4 Å². The summed E-state index contributed by atoms with van der Waals surface area (Å²) in [5, 5.41) is 9.96. The first kappa shape index (κ1) is 13.2. The minimum absolute atomic E-state index is 0.0205. The molecule has 3 N–H and O–H groups in total. The Hall–Kier alpha value is -1.52. The van der Waals surface area contributed by atoms with Gasteiger partial charge in [-0.15, -0.1) is 0 Å². The van der Waals surface area contributed by atoms with E-state index in [0.717, 1.165) is 30.8 Å². The van der Waals surface area contributed by atoms with Gasteiger partial charge in [0.2, 0.25) is 0 Å². The molecule has 1 aromatic rings. The van der Waals surface area contributed by atoms with Gasteiger partial charge < -0.3 is 20.3 Å². The Kier molecular flexibility index (Phi) is 2.81.